The van der Waals surface area contributed by atoms with E-state index < -0.39 is 0 Å². The molecule has 0 atom stereocenters. The molecule has 1 aromatic carbocycles. The summed E-state index contributed by atoms with van der Waals surface area (Å²) in [5.41, 5.74) is 6.84. The molecule has 5 heteroatoms. The molecule has 0 fully saturated rings. The van der Waals surface area contributed by atoms with E-state index in [0.717, 1.165) is 5.56 Å². The Morgan fingerprint density at radius 3 is 2.95 bits per heavy atom. The highest BCUT2D eigenvalue weighted by Gasteiger charge is 2.05. The highest BCUT2D eigenvalue weighted by molar-refractivity contribution is 5.92. The minimum Gasteiger partial charge on any atom is -0.325 e. The van der Waals surface area contributed by atoms with Gasteiger partial charge in [0.15, 0.2) is 0 Å². The van der Waals surface area contributed by atoms with Crippen LogP contribution < -0.4 is 11.1 Å². The second-order valence-corrected chi connectivity index (χ2v) is 4.12. The van der Waals surface area contributed by atoms with E-state index in [-0.39, 0.29) is 5.91 Å². The number of aromatic nitrogens is 2. The molecular formula is C15H16N4O. The Balaban J connectivity index is 1.97. The molecule has 1 amide bonds. The van der Waals surface area contributed by atoms with Gasteiger partial charge in [-0.1, -0.05) is 24.0 Å². The van der Waals surface area contributed by atoms with Crippen molar-refractivity contribution < 1.29 is 4.79 Å². The molecular weight excluding hydrogens is 252 g/mol. The lowest BCUT2D eigenvalue weighted by molar-refractivity contribution is -0.116. The lowest BCUT2D eigenvalue weighted by Gasteiger charge is -2.07. The van der Waals surface area contributed by atoms with Crippen LogP contribution in [0, 0.1) is 11.8 Å². The van der Waals surface area contributed by atoms with Gasteiger partial charge in [-0.3, -0.25) is 9.48 Å². The number of hydrogen-bond acceptors (Lipinski definition) is 3. The number of carbonyl (C=O) groups is 1. The van der Waals surface area contributed by atoms with E-state index in [1.165, 1.54) is 0 Å². The second-order valence-electron chi connectivity index (χ2n) is 4.12. The monoisotopic (exact) mass is 268 g/mol. The summed E-state index contributed by atoms with van der Waals surface area (Å²) in [5, 5.41) is 6.91. The summed E-state index contributed by atoms with van der Waals surface area (Å²) < 4.78 is 1.72. The van der Waals surface area contributed by atoms with Crippen LogP contribution in [0.4, 0.5) is 5.69 Å². The van der Waals surface area contributed by atoms with E-state index in [0.29, 0.717) is 25.2 Å². The minimum atomic E-state index is -0.0671. The Bertz CT molecular complexity index is 623. The Morgan fingerprint density at radius 1 is 1.35 bits per heavy atom. The predicted octanol–water partition coefficient (Wildman–Crippen LogP) is 1.22. The van der Waals surface area contributed by atoms with Crippen LogP contribution in [0.5, 0.6) is 0 Å². The fraction of sp³-hybridized carbons (Fsp3) is 0.200. The molecule has 0 unspecified atom stereocenters. The molecule has 2 aromatic rings. The van der Waals surface area contributed by atoms with E-state index in [1.54, 1.807) is 10.9 Å². The molecule has 0 saturated heterocycles. The molecule has 0 aliphatic rings. The number of hydrogen-bond donors (Lipinski definition) is 2. The van der Waals surface area contributed by atoms with Crippen molar-refractivity contribution in [2.45, 2.75) is 13.0 Å². The molecule has 0 radical (unpaired) electrons. The zero-order valence-corrected chi connectivity index (χ0v) is 11.0. The summed E-state index contributed by atoms with van der Waals surface area (Å²) >= 11 is 0. The summed E-state index contributed by atoms with van der Waals surface area (Å²) in [7, 11) is 0. The van der Waals surface area contributed by atoms with Gasteiger partial charge in [0.05, 0.1) is 12.2 Å². The third-order valence-corrected chi connectivity index (χ3v) is 2.65. The number of nitrogens with two attached hydrogens (primary N) is 1. The van der Waals surface area contributed by atoms with Gasteiger partial charge in [0.25, 0.3) is 0 Å². The Morgan fingerprint density at radius 2 is 2.20 bits per heavy atom. The molecule has 5 nitrogen and oxygen atoms in total. The summed E-state index contributed by atoms with van der Waals surface area (Å²) in [6.45, 7) is 0.844. The van der Waals surface area contributed by atoms with Crippen molar-refractivity contribution in [3.8, 4) is 11.8 Å². The van der Waals surface area contributed by atoms with Crippen LogP contribution in [-0.2, 0) is 11.3 Å². The first-order chi connectivity index (χ1) is 9.79. The summed E-state index contributed by atoms with van der Waals surface area (Å²) in [5.74, 6) is 5.66. The van der Waals surface area contributed by atoms with Crippen LogP contribution in [0.15, 0.2) is 42.7 Å². The highest BCUT2D eigenvalue weighted by Crippen LogP contribution is 2.13. The number of nitrogens with one attached hydrogen (secondary N) is 1. The van der Waals surface area contributed by atoms with Crippen molar-refractivity contribution >= 4 is 11.6 Å². The smallest absolute Gasteiger partial charge is 0.226 e. The summed E-state index contributed by atoms with van der Waals surface area (Å²) in [6, 6.07) is 9.24. The molecule has 0 aliphatic heterocycles. The van der Waals surface area contributed by atoms with Crippen LogP contribution in [-0.4, -0.2) is 22.2 Å². The standard InChI is InChI=1S/C15H16N4O/c16-9-3-6-13-5-1-2-7-14(13)18-15(20)8-12-19-11-4-10-17-19/h1-2,4-5,7,10-11H,8-9,12,16H2,(H,18,20). The fourth-order valence-corrected chi connectivity index (χ4v) is 1.71. The second kappa shape index (κ2) is 7.12. The Hall–Kier alpha value is -2.58. The van der Waals surface area contributed by atoms with Crippen LogP contribution in [0.3, 0.4) is 0 Å². The van der Waals surface area contributed by atoms with Gasteiger partial charge in [0, 0.05) is 30.9 Å². The normalized spacial score (nSPS) is 9.65. The van der Waals surface area contributed by atoms with Crippen LogP contribution >= 0.6 is 0 Å². The average molecular weight is 268 g/mol. The van der Waals surface area contributed by atoms with Crippen LogP contribution in [0.2, 0.25) is 0 Å². The van der Waals surface area contributed by atoms with Crippen molar-refractivity contribution in [3.05, 3.63) is 48.3 Å². The van der Waals surface area contributed by atoms with Gasteiger partial charge in [0.2, 0.25) is 5.91 Å². The number of benzene rings is 1. The van der Waals surface area contributed by atoms with Gasteiger partial charge in [-0.15, -0.1) is 0 Å². The van der Waals surface area contributed by atoms with Crippen LogP contribution in [0.25, 0.3) is 0 Å². The molecule has 3 N–H and O–H groups in total. The topological polar surface area (TPSA) is 72.9 Å². The Kier molecular flexibility index (Phi) is 4.93. The molecule has 0 aliphatic carbocycles. The first-order valence-corrected chi connectivity index (χ1v) is 6.35. The number of para-hydroxylation sites is 1. The number of aryl methyl sites for hydroxylation is 1. The van der Waals surface area contributed by atoms with Crippen molar-refractivity contribution in [3.63, 3.8) is 0 Å². The van der Waals surface area contributed by atoms with Gasteiger partial charge in [0.1, 0.15) is 0 Å². The number of carbonyl (C=O) groups excluding carboxylic acids is 1. The maximum absolute atomic E-state index is 11.9. The molecule has 2 rings (SSSR count). The van der Waals surface area contributed by atoms with Crippen LogP contribution in [0.1, 0.15) is 12.0 Å². The van der Waals surface area contributed by atoms with Gasteiger partial charge in [-0.25, -0.2) is 0 Å². The van der Waals surface area contributed by atoms with Gasteiger partial charge >= 0.3 is 0 Å². The van der Waals surface area contributed by atoms with E-state index >= 15 is 0 Å². The predicted molar refractivity (Wildman–Crippen MR) is 77.8 cm³/mol. The van der Waals surface area contributed by atoms with Gasteiger partial charge in [-0.2, -0.15) is 5.10 Å². The summed E-state index contributed by atoms with van der Waals surface area (Å²) in [4.78, 5) is 11.9. The largest absolute Gasteiger partial charge is 0.325 e. The number of amides is 1. The number of nitrogens with zero attached hydrogens (tertiary/aromatic N) is 2. The third-order valence-electron chi connectivity index (χ3n) is 2.65. The molecule has 20 heavy (non-hydrogen) atoms. The maximum atomic E-state index is 11.9. The number of rotatable bonds is 4. The molecule has 1 heterocycles. The zero-order chi connectivity index (χ0) is 14.2. The number of anilines is 1. The van der Waals surface area contributed by atoms with E-state index in [4.69, 9.17) is 5.73 Å². The van der Waals surface area contributed by atoms with E-state index in [1.807, 2.05) is 36.5 Å². The van der Waals surface area contributed by atoms with Gasteiger partial charge < -0.3 is 11.1 Å². The fourth-order valence-electron chi connectivity index (χ4n) is 1.71. The van der Waals surface area contributed by atoms with Crippen molar-refractivity contribution in [2.24, 2.45) is 5.73 Å². The van der Waals surface area contributed by atoms with Crippen molar-refractivity contribution in [1.82, 2.24) is 9.78 Å². The average Bonchev–Trinajstić information content (AvgIpc) is 2.97. The molecule has 0 bridgehead atoms. The van der Waals surface area contributed by atoms with E-state index in [2.05, 4.69) is 22.3 Å². The van der Waals surface area contributed by atoms with E-state index in [9.17, 15) is 4.79 Å². The molecule has 102 valence electrons. The zero-order valence-electron chi connectivity index (χ0n) is 11.0. The molecule has 0 saturated carbocycles. The molecule has 0 spiro atoms. The third kappa shape index (κ3) is 3.97. The lowest BCUT2D eigenvalue weighted by atomic mass is 10.1. The molecule has 1 aromatic heterocycles. The quantitative estimate of drug-likeness (QED) is 0.819. The lowest BCUT2D eigenvalue weighted by Crippen LogP contribution is -2.15. The minimum absolute atomic E-state index is 0.0671. The van der Waals surface area contributed by atoms with Gasteiger partial charge in [-0.05, 0) is 18.2 Å². The first kappa shape index (κ1) is 13.8. The highest BCUT2D eigenvalue weighted by atomic mass is 16.1. The SMILES string of the molecule is NCC#Cc1ccccc1NC(=O)CCn1cccn1. The van der Waals surface area contributed by atoms with Crippen molar-refractivity contribution in [2.75, 3.05) is 11.9 Å². The Labute approximate surface area is 117 Å². The summed E-state index contributed by atoms with van der Waals surface area (Å²) in [6.07, 6.45) is 3.88. The van der Waals surface area contributed by atoms with Crippen molar-refractivity contribution in [1.29, 1.82) is 0 Å². The maximum Gasteiger partial charge on any atom is 0.226 e. The first-order valence-electron chi connectivity index (χ1n) is 6.35.